The molecule has 0 radical (unpaired) electrons. The molecule has 0 spiro atoms. The minimum absolute atomic E-state index is 0. The lowest BCUT2D eigenvalue weighted by atomic mass is 9.92. The summed E-state index contributed by atoms with van der Waals surface area (Å²) in [6.45, 7) is 9.88. The first-order chi connectivity index (χ1) is 11.0. The Balaban J connectivity index is 0.00000208. The van der Waals surface area contributed by atoms with Crippen LogP contribution in [0.4, 0.5) is 0 Å². The first kappa shape index (κ1) is 19.2. The highest BCUT2D eigenvalue weighted by Crippen LogP contribution is 2.20. The summed E-state index contributed by atoms with van der Waals surface area (Å²) in [5.41, 5.74) is 2.16. The second kappa shape index (κ2) is 8.32. The average Bonchev–Trinajstić information content (AvgIpc) is 2.84. The van der Waals surface area contributed by atoms with E-state index in [9.17, 15) is 4.79 Å². The summed E-state index contributed by atoms with van der Waals surface area (Å²) in [7, 11) is 0. The van der Waals surface area contributed by atoms with Crippen molar-refractivity contribution < 1.29 is 9.53 Å². The Morgan fingerprint density at radius 2 is 2.25 bits per heavy atom. The molecule has 0 bridgehead atoms. The van der Waals surface area contributed by atoms with Crippen LogP contribution in [-0.2, 0) is 16.1 Å². The van der Waals surface area contributed by atoms with Crippen molar-refractivity contribution >= 4 is 18.3 Å². The molecule has 0 saturated carbocycles. The number of aromatic nitrogens is 2. The van der Waals surface area contributed by atoms with E-state index < -0.39 is 0 Å². The third-order valence-corrected chi connectivity index (χ3v) is 4.90. The van der Waals surface area contributed by atoms with Gasteiger partial charge in [-0.2, -0.15) is 5.10 Å². The minimum atomic E-state index is 0. The number of piperidine rings is 1. The molecule has 3 rings (SSSR count). The van der Waals surface area contributed by atoms with E-state index in [2.05, 4.69) is 30.3 Å². The van der Waals surface area contributed by atoms with E-state index in [4.69, 9.17) is 4.74 Å². The molecule has 2 fully saturated rings. The van der Waals surface area contributed by atoms with Crippen molar-refractivity contribution in [3.8, 4) is 0 Å². The maximum absolute atomic E-state index is 12.8. The van der Waals surface area contributed by atoms with Gasteiger partial charge >= 0.3 is 0 Å². The summed E-state index contributed by atoms with van der Waals surface area (Å²) in [5, 5.41) is 7.91. The summed E-state index contributed by atoms with van der Waals surface area (Å²) >= 11 is 0. The van der Waals surface area contributed by atoms with Gasteiger partial charge in [0.05, 0.1) is 24.9 Å². The third-order valence-electron chi connectivity index (χ3n) is 4.90. The van der Waals surface area contributed by atoms with Crippen molar-refractivity contribution in [2.45, 2.75) is 52.3 Å². The monoisotopic (exact) mass is 356 g/mol. The first-order valence-corrected chi connectivity index (χ1v) is 8.67. The topological polar surface area (TPSA) is 59.4 Å². The van der Waals surface area contributed by atoms with Crippen molar-refractivity contribution in [1.82, 2.24) is 20.0 Å². The molecule has 1 amide bonds. The fraction of sp³-hybridized carbons (Fsp3) is 0.765. The number of hydrogen-bond acceptors (Lipinski definition) is 4. The van der Waals surface area contributed by atoms with Crippen LogP contribution < -0.4 is 5.32 Å². The molecule has 136 valence electrons. The molecule has 3 atom stereocenters. The number of nitrogens with one attached hydrogen (secondary N) is 1. The molecule has 1 aromatic heterocycles. The molecule has 7 heteroatoms. The second-order valence-corrected chi connectivity index (χ2v) is 6.96. The molecule has 2 aliphatic rings. The number of rotatable bonds is 3. The third kappa shape index (κ3) is 4.49. The highest BCUT2D eigenvalue weighted by molar-refractivity contribution is 5.85. The molecule has 1 aromatic rings. The zero-order chi connectivity index (χ0) is 16.4. The van der Waals surface area contributed by atoms with Gasteiger partial charge in [-0.05, 0) is 46.2 Å². The molecule has 2 aliphatic heterocycles. The van der Waals surface area contributed by atoms with E-state index in [-0.39, 0.29) is 24.4 Å². The highest BCUT2D eigenvalue weighted by atomic mass is 35.5. The van der Waals surface area contributed by atoms with Gasteiger partial charge in [-0.3, -0.25) is 9.48 Å². The second-order valence-electron chi connectivity index (χ2n) is 6.96. The van der Waals surface area contributed by atoms with Crippen LogP contribution >= 0.6 is 12.4 Å². The molecular formula is C17H29ClN4O2. The molecule has 6 nitrogen and oxygen atoms in total. The number of morpholine rings is 1. The van der Waals surface area contributed by atoms with Crippen LogP contribution in [0.2, 0.25) is 0 Å². The Morgan fingerprint density at radius 1 is 1.46 bits per heavy atom. The maximum Gasteiger partial charge on any atom is 0.225 e. The molecule has 24 heavy (non-hydrogen) atoms. The lowest BCUT2D eigenvalue weighted by Crippen LogP contribution is -2.51. The van der Waals surface area contributed by atoms with Crippen LogP contribution in [0.25, 0.3) is 0 Å². The smallest absolute Gasteiger partial charge is 0.225 e. The molecule has 1 N–H and O–H groups in total. The molecular weight excluding hydrogens is 328 g/mol. The summed E-state index contributed by atoms with van der Waals surface area (Å²) in [5.74, 6) is 0.471. The number of hydrogen-bond donors (Lipinski definition) is 1. The number of nitrogens with zero attached hydrogens (tertiary/aromatic N) is 3. The van der Waals surface area contributed by atoms with E-state index in [0.29, 0.717) is 38.2 Å². The van der Waals surface area contributed by atoms with Crippen LogP contribution in [0, 0.1) is 19.8 Å². The summed E-state index contributed by atoms with van der Waals surface area (Å²) in [6, 6.07) is 2.51. The Kier molecular flexibility index (Phi) is 6.66. The fourth-order valence-electron chi connectivity index (χ4n) is 3.70. The summed E-state index contributed by atoms with van der Waals surface area (Å²) in [6.07, 6.45) is 1.92. The van der Waals surface area contributed by atoms with Gasteiger partial charge in [-0.1, -0.05) is 0 Å². The number of ether oxygens (including phenoxy) is 1. The van der Waals surface area contributed by atoms with E-state index in [0.717, 1.165) is 30.8 Å². The lowest BCUT2D eigenvalue weighted by Gasteiger charge is -2.37. The van der Waals surface area contributed by atoms with Gasteiger partial charge in [0.1, 0.15) is 0 Å². The number of amides is 1. The van der Waals surface area contributed by atoms with E-state index in [1.54, 1.807) is 0 Å². The van der Waals surface area contributed by atoms with Crippen LogP contribution in [0.15, 0.2) is 6.07 Å². The van der Waals surface area contributed by atoms with Crippen LogP contribution in [0.5, 0.6) is 0 Å². The standard InChI is InChI=1S/C17H28N4O2.ClH/c1-12-9-15(4-5-18-12)17(22)20-6-7-23-16(10-20)11-21-14(3)8-13(2)19-21;/h8,12,15-16,18H,4-7,9-11H2,1-3H3;1H/t12-,15-,16?;/m0./s1. The number of halogens is 1. The average molecular weight is 357 g/mol. The quantitative estimate of drug-likeness (QED) is 0.892. The summed E-state index contributed by atoms with van der Waals surface area (Å²) < 4.78 is 7.85. The van der Waals surface area contributed by atoms with Gasteiger partial charge in [-0.15, -0.1) is 12.4 Å². The van der Waals surface area contributed by atoms with Gasteiger partial charge in [0.2, 0.25) is 5.91 Å². The number of carbonyl (C=O) groups excluding carboxylic acids is 1. The van der Waals surface area contributed by atoms with Crippen molar-refractivity contribution in [2.24, 2.45) is 5.92 Å². The number of aryl methyl sites for hydroxylation is 2. The highest BCUT2D eigenvalue weighted by Gasteiger charge is 2.32. The lowest BCUT2D eigenvalue weighted by molar-refractivity contribution is -0.144. The normalized spacial score (nSPS) is 27.6. The maximum atomic E-state index is 12.8. The van der Waals surface area contributed by atoms with Crippen LogP contribution in [0.3, 0.4) is 0 Å². The van der Waals surface area contributed by atoms with Gasteiger partial charge < -0.3 is 15.0 Å². The largest absolute Gasteiger partial charge is 0.373 e. The molecule has 0 aliphatic carbocycles. The van der Waals surface area contributed by atoms with Gasteiger partial charge in [-0.25, -0.2) is 0 Å². The SMILES string of the molecule is Cc1cc(C)n(CC2CN(C(=O)[C@H]3CCN[C@@H](C)C3)CCO2)n1.Cl. The summed E-state index contributed by atoms with van der Waals surface area (Å²) in [4.78, 5) is 14.8. The van der Waals surface area contributed by atoms with Crippen molar-refractivity contribution in [3.05, 3.63) is 17.5 Å². The van der Waals surface area contributed by atoms with Crippen molar-refractivity contribution in [1.29, 1.82) is 0 Å². The predicted molar refractivity (Wildman–Crippen MR) is 95.5 cm³/mol. The Morgan fingerprint density at radius 3 is 2.92 bits per heavy atom. The minimum Gasteiger partial charge on any atom is -0.373 e. The van der Waals surface area contributed by atoms with Crippen molar-refractivity contribution in [3.63, 3.8) is 0 Å². The van der Waals surface area contributed by atoms with Gasteiger partial charge in [0, 0.05) is 30.7 Å². The fourth-order valence-corrected chi connectivity index (χ4v) is 3.70. The Hall–Kier alpha value is -1.11. The molecule has 1 unspecified atom stereocenters. The predicted octanol–water partition coefficient (Wildman–Crippen LogP) is 1.54. The first-order valence-electron chi connectivity index (χ1n) is 8.67. The zero-order valence-electron chi connectivity index (χ0n) is 14.8. The van der Waals surface area contributed by atoms with Gasteiger partial charge in [0.15, 0.2) is 0 Å². The molecule has 0 aromatic carbocycles. The van der Waals surface area contributed by atoms with Gasteiger partial charge in [0.25, 0.3) is 0 Å². The van der Waals surface area contributed by atoms with E-state index in [1.165, 1.54) is 0 Å². The van der Waals surface area contributed by atoms with E-state index in [1.807, 2.05) is 16.5 Å². The Bertz CT molecular complexity index is 563. The van der Waals surface area contributed by atoms with Crippen molar-refractivity contribution in [2.75, 3.05) is 26.2 Å². The van der Waals surface area contributed by atoms with Crippen LogP contribution in [-0.4, -0.2) is 59.0 Å². The van der Waals surface area contributed by atoms with Crippen LogP contribution in [0.1, 0.15) is 31.2 Å². The molecule has 2 saturated heterocycles. The van der Waals surface area contributed by atoms with E-state index >= 15 is 0 Å². The Labute approximate surface area is 150 Å². The zero-order valence-corrected chi connectivity index (χ0v) is 15.6. The number of carbonyl (C=O) groups is 1. The molecule has 3 heterocycles.